The van der Waals surface area contributed by atoms with Crippen molar-refractivity contribution >= 4 is 6.29 Å². The summed E-state index contributed by atoms with van der Waals surface area (Å²) >= 11 is 0. The van der Waals surface area contributed by atoms with Crippen LogP contribution in [0.3, 0.4) is 0 Å². The minimum atomic E-state index is -0.101. The number of carbonyl (C=O) groups is 1. The summed E-state index contributed by atoms with van der Waals surface area (Å²) < 4.78 is 0. The number of hydrogen-bond donors (Lipinski definition) is 0. The highest BCUT2D eigenvalue weighted by Gasteiger charge is 2.06. The van der Waals surface area contributed by atoms with Crippen LogP contribution in [0.15, 0.2) is 12.5 Å². The molecule has 1 atom stereocenters. The molecule has 11 heavy (non-hydrogen) atoms. The summed E-state index contributed by atoms with van der Waals surface area (Å²) in [6, 6.07) is 0. The maximum absolute atomic E-state index is 10.4. The van der Waals surface area contributed by atoms with Crippen molar-refractivity contribution in [2.45, 2.75) is 19.8 Å². The summed E-state index contributed by atoms with van der Waals surface area (Å²) in [7, 11) is 0. The molecule has 0 spiro atoms. The lowest BCUT2D eigenvalue weighted by atomic mass is 10.0. The van der Waals surface area contributed by atoms with Gasteiger partial charge in [-0.15, -0.1) is 0 Å². The number of carbonyl (C=O) groups excluding carboxylic acids is 1. The third kappa shape index (κ3) is 1.61. The minimum Gasteiger partial charge on any atom is -0.303 e. The lowest BCUT2D eigenvalue weighted by Gasteiger charge is -2.04. The van der Waals surface area contributed by atoms with Gasteiger partial charge in [-0.2, -0.15) is 0 Å². The lowest BCUT2D eigenvalue weighted by Crippen LogP contribution is -1.99. The van der Waals surface area contributed by atoms with Crippen LogP contribution in [0.25, 0.3) is 0 Å². The van der Waals surface area contributed by atoms with E-state index < -0.39 is 0 Å². The van der Waals surface area contributed by atoms with E-state index >= 15 is 0 Å². The van der Waals surface area contributed by atoms with E-state index in [0.717, 1.165) is 17.5 Å². The van der Waals surface area contributed by atoms with Gasteiger partial charge in [0.15, 0.2) is 0 Å². The van der Waals surface area contributed by atoms with Gasteiger partial charge in [0, 0.05) is 23.4 Å². The summed E-state index contributed by atoms with van der Waals surface area (Å²) in [5.74, 6) is -0.101. The highest BCUT2D eigenvalue weighted by molar-refractivity contribution is 5.61. The van der Waals surface area contributed by atoms with Gasteiger partial charge in [-0.3, -0.25) is 0 Å². The van der Waals surface area contributed by atoms with Crippen LogP contribution in [0.4, 0.5) is 0 Å². The zero-order chi connectivity index (χ0) is 8.27. The topological polar surface area (TPSA) is 42.9 Å². The first-order chi connectivity index (χ1) is 5.25. The van der Waals surface area contributed by atoms with E-state index in [9.17, 15) is 4.79 Å². The van der Waals surface area contributed by atoms with Gasteiger partial charge in [-0.25, -0.2) is 9.97 Å². The predicted molar refractivity (Wildman–Crippen MR) is 41.2 cm³/mol. The zero-order valence-electron chi connectivity index (χ0n) is 6.61. The Morgan fingerprint density at radius 1 is 1.64 bits per heavy atom. The Bertz CT molecular complexity index is 260. The second-order valence-electron chi connectivity index (χ2n) is 2.49. The van der Waals surface area contributed by atoms with Gasteiger partial charge in [0.1, 0.15) is 12.6 Å². The molecule has 0 N–H and O–H groups in total. The van der Waals surface area contributed by atoms with E-state index in [-0.39, 0.29) is 5.92 Å². The largest absolute Gasteiger partial charge is 0.303 e. The Morgan fingerprint density at radius 2 is 2.36 bits per heavy atom. The molecule has 0 radical (unpaired) electrons. The lowest BCUT2D eigenvalue weighted by molar-refractivity contribution is -0.108. The summed E-state index contributed by atoms with van der Waals surface area (Å²) in [5, 5.41) is 0. The van der Waals surface area contributed by atoms with Crippen molar-refractivity contribution in [2.75, 3.05) is 0 Å². The van der Waals surface area contributed by atoms with E-state index in [4.69, 9.17) is 0 Å². The fourth-order valence-electron chi connectivity index (χ4n) is 0.922. The first-order valence-electron chi connectivity index (χ1n) is 3.47. The van der Waals surface area contributed by atoms with Crippen molar-refractivity contribution < 1.29 is 4.79 Å². The summed E-state index contributed by atoms with van der Waals surface area (Å²) in [4.78, 5) is 18.2. The van der Waals surface area contributed by atoms with Crippen LogP contribution < -0.4 is 0 Å². The molecule has 0 saturated carbocycles. The van der Waals surface area contributed by atoms with Crippen molar-refractivity contribution in [1.29, 1.82) is 0 Å². The molecule has 0 aliphatic carbocycles. The number of hydrogen-bond acceptors (Lipinski definition) is 3. The van der Waals surface area contributed by atoms with Gasteiger partial charge < -0.3 is 4.79 Å². The molecule has 3 heteroatoms. The number of rotatable bonds is 2. The molecular formula is C8H10N2O. The summed E-state index contributed by atoms with van der Waals surface area (Å²) in [5.41, 5.74) is 1.78. The van der Waals surface area contributed by atoms with Crippen molar-refractivity contribution in [3.63, 3.8) is 0 Å². The van der Waals surface area contributed by atoms with E-state index in [0.29, 0.717) is 0 Å². The van der Waals surface area contributed by atoms with Crippen molar-refractivity contribution in [2.24, 2.45) is 0 Å². The van der Waals surface area contributed by atoms with E-state index in [1.165, 1.54) is 6.33 Å². The van der Waals surface area contributed by atoms with Gasteiger partial charge >= 0.3 is 0 Å². The van der Waals surface area contributed by atoms with Gasteiger partial charge in [-0.05, 0) is 6.92 Å². The van der Waals surface area contributed by atoms with Crippen LogP contribution in [0.2, 0.25) is 0 Å². The van der Waals surface area contributed by atoms with Crippen LogP contribution in [0.1, 0.15) is 24.1 Å². The van der Waals surface area contributed by atoms with E-state index in [2.05, 4.69) is 9.97 Å². The second kappa shape index (κ2) is 3.23. The van der Waals surface area contributed by atoms with Crippen molar-refractivity contribution in [1.82, 2.24) is 9.97 Å². The zero-order valence-corrected chi connectivity index (χ0v) is 6.61. The molecule has 1 aromatic heterocycles. The number of nitrogens with zero attached hydrogens (tertiary/aromatic N) is 2. The highest BCUT2D eigenvalue weighted by Crippen LogP contribution is 2.12. The first kappa shape index (κ1) is 7.85. The third-order valence-corrected chi connectivity index (χ3v) is 1.64. The SMILES string of the molecule is Cc1ncncc1C(C)C=O. The molecule has 1 heterocycles. The highest BCUT2D eigenvalue weighted by atomic mass is 16.1. The molecule has 0 saturated heterocycles. The van der Waals surface area contributed by atoms with Crippen molar-refractivity contribution in [3.05, 3.63) is 23.8 Å². The molecular weight excluding hydrogens is 140 g/mol. The average Bonchev–Trinajstić information content (AvgIpc) is 2.04. The number of aryl methyl sites for hydroxylation is 1. The fraction of sp³-hybridized carbons (Fsp3) is 0.375. The first-order valence-corrected chi connectivity index (χ1v) is 3.47. The second-order valence-corrected chi connectivity index (χ2v) is 2.49. The van der Waals surface area contributed by atoms with Crippen LogP contribution >= 0.6 is 0 Å². The van der Waals surface area contributed by atoms with E-state index in [1.54, 1.807) is 6.20 Å². The van der Waals surface area contributed by atoms with Gasteiger partial charge in [0.05, 0.1) is 0 Å². The Kier molecular flexibility index (Phi) is 2.31. The maximum Gasteiger partial charge on any atom is 0.127 e. The molecule has 1 aromatic rings. The third-order valence-electron chi connectivity index (χ3n) is 1.64. The van der Waals surface area contributed by atoms with E-state index in [1.807, 2.05) is 13.8 Å². The monoisotopic (exact) mass is 150 g/mol. The Balaban J connectivity index is 3.02. The Morgan fingerprint density at radius 3 is 2.91 bits per heavy atom. The molecule has 0 amide bonds. The maximum atomic E-state index is 10.4. The average molecular weight is 150 g/mol. The molecule has 0 bridgehead atoms. The molecule has 1 rings (SSSR count). The molecule has 58 valence electrons. The normalized spacial score (nSPS) is 12.5. The smallest absolute Gasteiger partial charge is 0.127 e. The van der Waals surface area contributed by atoms with Gasteiger partial charge in [0.25, 0.3) is 0 Å². The Labute approximate surface area is 65.5 Å². The Hall–Kier alpha value is -1.25. The predicted octanol–water partition coefficient (Wildman–Crippen LogP) is 1.09. The molecule has 1 unspecified atom stereocenters. The summed E-state index contributed by atoms with van der Waals surface area (Å²) in [6.07, 6.45) is 4.06. The molecule has 3 nitrogen and oxygen atoms in total. The number of aldehydes is 1. The number of aromatic nitrogens is 2. The van der Waals surface area contributed by atoms with Crippen LogP contribution in [-0.2, 0) is 4.79 Å². The standard InChI is InChI=1S/C8H10N2O/c1-6(4-11)8-3-9-5-10-7(8)2/h3-6H,1-2H3. The fourth-order valence-corrected chi connectivity index (χ4v) is 0.922. The van der Waals surface area contributed by atoms with Gasteiger partial charge in [0.2, 0.25) is 0 Å². The van der Waals surface area contributed by atoms with Crippen LogP contribution in [0, 0.1) is 6.92 Å². The van der Waals surface area contributed by atoms with Gasteiger partial charge in [-0.1, -0.05) is 6.92 Å². The minimum absolute atomic E-state index is 0.101. The molecule has 0 aliphatic rings. The molecule has 0 aliphatic heterocycles. The van der Waals surface area contributed by atoms with Crippen LogP contribution in [0.5, 0.6) is 0 Å². The van der Waals surface area contributed by atoms with Crippen LogP contribution in [-0.4, -0.2) is 16.3 Å². The summed E-state index contributed by atoms with van der Waals surface area (Å²) in [6.45, 7) is 3.70. The molecule has 0 aromatic carbocycles. The van der Waals surface area contributed by atoms with Crippen molar-refractivity contribution in [3.8, 4) is 0 Å². The quantitative estimate of drug-likeness (QED) is 0.592. The molecule has 0 fully saturated rings.